The highest BCUT2D eigenvalue weighted by molar-refractivity contribution is 14.0. The summed E-state index contributed by atoms with van der Waals surface area (Å²) < 4.78 is 0. The number of nitrogens with one attached hydrogen (secondary N) is 2. The van der Waals surface area contributed by atoms with Crippen LogP contribution in [0.15, 0.2) is 4.99 Å². The maximum absolute atomic E-state index is 4.81. The molecule has 0 aromatic rings. The van der Waals surface area contributed by atoms with Crippen LogP contribution >= 0.6 is 24.0 Å². The molecule has 2 N–H and O–H groups in total. The number of halogens is 1. The topological polar surface area (TPSA) is 42.9 Å². The molecule has 154 valence electrons. The smallest absolute Gasteiger partial charge is 0.191 e. The average Bonchev–Trinajstić information content (AvgIpc) is 2.64. The van der Waals surface area contributed by atoms with Gasteiger partial charge in [0.05, 0.1) is 0 Å². The molecule has 2 saturated heterocycles. The number of hydrogen-bond donors (Lipinski definition) is 2. The lowest BCUT2D eigenvalue weighted by molar-refractivity contribution is 0.147. The molecular formula is C20H42IN5. The van der Waals surface area contributed by atoms with E-state index in [2.05, 4.69) is 41.3 Å². The summed E-state index contributed by atoms with van der Waals surface area (Å²) >= 11 is 0. The summed E-state index contributed by atoms with van der Waals surface area (Å²) in [6.45, 7) is 12.3. The van der Waals surface area contributed by atoms with Crippen molar-refractivity contribution in [3.8, 4) is 0 Å². The fraction of sp³-hybridized carbons (Fsp3) is 0.950. The van der Waals surface area contributed by atoms with Crippen LogP contribution in [0.4, 0.5) is 0 Å². The molecule has 0 spiro atoms. The molecule has 2 aliphatic heterocycles. The molecular weight excluding hydrogens is 437 g/mol. The van der Waals surface area contributed by atoms with Gasteiger partial charge in [-0.25, -0.2) is 0 Å². The molecule has 0 saturated carbocycles. The second-order valence-electron chi connectivity index (χ2n) is 7.82. The molecule has 1 atom stereocenters. The van der Waals surface area contributed by atoms with Gasteiger partial charge in [-0.15, -0.1) is 24.0 Å². The number of nitrogens with zero attached hydrogens (tertiary/aromatic N) is 3. The van der Waals surface area contributed by atoms with Gasteiger partial charge < -0.3 is 15.5 Å². The highest BCUT2D eigenvalue weighted by atomic mass is 127. The summed E-state index contributed by atoms with van der Waals surface area (Å²) in [6.07, 6.45) is 9.33. The van der Waals surface area contributed by atoms with E-state index in [0.29, 0.717) is 0 Å². The van der Waals surface area contributed by atoms with Crippen molar-refractivity contribution in [1.29, 1.82) is 0 Å². The second-order valence-corrected chi connectivity index (χ2v) is 7.82. The number of hydrogen-bond acceptors (Lipinski definition) is 3. The highest BCUT2D eigenvalue weighted by Crippen LogP contribution is 2.19. The van der Waals surface area contributed by atoms with Crippen molar-refractivity contribution < 1.29 is 0 Å². The van der Waals surface area contributed by atoms with Gasteiger partial charge in [0.1, 0.15) is 0 Å². The first-order valence-electron chi connectivity index (χ1n) is 10.7. The van der Waals surface area contributed by atoms with E-state index in [1.165, 1.54) is 64.6 Å². The minimum atomic E-state index is 0. The Morgan fingerprint density at radius 3 is 2.50 bits per heavy atom. The minimum Gasteiger partial charge on any atom is -0.357 e. The Kier molecular flexibility index (Phi) is 12.9. The molecule has 1 unspecified atom stereocenters. The van der Waals surface area contributed by atoms with Gasteiger partial charge in [0.2, 0.25) is 0 Å². The van der Waals surface area contributed by atoms with Gasteiger partial charge in [-0.05, 0) is 78.0 Å². The number of aliphatic imine (C=N–C) groups is 1. The number of likely N-dealkylation sites (tertiary alicyclic amines) is 2. The van der Waals surface area contributed by atoms with Crippen molar-refractivity contribution in [2.75, 3.05) is 52.9 Å². The summed E-state index contributed by atoms with van der Waals surface area (Å²) in [6, 6.07) is 0.791. The van der Waals surface area contributed by atoms with E-state index in [-0.39, 0.29) is 24.0 Å². The normalized spacial score (nSPS) is 23.5. The quantitative estimate of drug-likeness (QED) is 0.319. The van der Waals surface area contributed by atoms with Crippen LogP contribution in [0, 0.1) is 5.92 Å². The first kappa shape index (κ1) is 24.0. The van der Waals surface area contributed by atoms with E-state index in [1.54, 1.807) is 0 Å². The fourth-order valence-corrected chi connectivity index (χ4v) is 4.19. The largest absolute Gasteiger partial charge is 0.357 e. The SMILES string of the molecule is CCNC(=NCCC1CCN(C)CC1)NCCN1CCCCC1CC.I. The van der Waals surface area contributed by atoms with Crippen molar-refractivity contribution in [3.05, 3.63) is 0 Å². The molecule has 2 fully saturated rings. The molecule has 26 heavy (non-hydrogen) atoms. The fourth-order valence-electron chi connectivity index (χ4n) is 4.19. The Bertz CT molecular complexity index is 382. The van der Waals surface area contributed by atoms with Crippen molar-refractivity contribution in [2.45, 2.75) is 64.8 Å². The number of rotatable bonds is 8. The van der Waals surface area contributed by atoms with Gasteiger partial charge >= 0.3 is 0 Å². The van der Waals surface area contributed by atoms with Gasteiger partial charge in [-0.2, -0.15) is 0 Å². The van der Waals surface area contributed by atoms with Crippen LogP contribution in [0.1, 0.15) is 58.8 Å². The third kappa shape index (κ3) is 8.74. The zero-order valence-electron chi connectivity index (χ0n) is 17.3. The zero-order chi connectivity index (χ0) is 17.9. The van der Waals surface area contributed by atoms with Crippen molar-refractivity contribution >= 4 is 29.9 Å². The first-order chi connectivity index (χ1) is 12.2. The van der Waals surface area contributed by atoms with Gasteiger partial charge in [0.15, 0.2) is 5.96 Å². The van der Waals surface area contributed by atoms with Gasteiger partial charge in [0.25, 0.3) is 0 Å². The Morgan fingerprint density at radius 2 is 1.81 bits per heavy atom. The average molecular weight is 479 g/mol. The Labute approximate surface area is 178 Å². The molecule has 0 amide bonds. The Hall–Kier alpha value is -0.0800. The molecule has 0 aromatic heterocycles. The van der Waals surface area contributed by atoms with E-state index in [9.17, 15) is 0 Å². The minimum absolute atomic E-state index is 0. The molecule has 0 radical (unpaired) electrons. The maximum atomic E-state index is 4.81. The van der Waals surface area contributed by atoms with Crippen molar-refractivity contribution in [3.63, 3.8) is 0 Å². The number of guanidine groups is 1. The van der Waals surface area contributed by atoms with Crippen LogP contribution in [-0.4, -0.2) is 74.7 Å². The molecule has 2 heterocycles. The second kappa shape index (κ2) is 14.0. The lowest BCUT2D eigenvalue weighted by Crippen LogP contribution is -2.46. The molecule has 5 nitrogen and oxygen atoms in total. The standard InChI is InChI=1S/C20H41N5.HI/c1-4-19-8-6-7-14-25(19)17-13-23-20(21-5-2)22-12-9-18-10-15-24(3)16-11-18;/h18-19H,4-17H2,1-3H3,(H2,21,22,23);1H. The van der Waals surface area contributed by atoms with E-state index < -0.39 is 0 Å². The molecule has 2 aliphatic rings. The maximum Gasteiger partial charge on any atom is 0.191 e. The van der Waals surface area contributed by atoms with E-state index >= 15 is 0 Å². The van der Waals surface area contributed by atoms with Crippen molar-refractivity contribution in [1.82, 2.24) is 20.4 Å². The monoisotopic (exact) mass is 479 g/mol. The van der Waals surface area contributed by atoms with E-state index in [1.807, 2.05) is 0 Å². The molecule has 6 heteroatoms. The Morgan fingerprint density at radius 1 is 1.04 bits per heavy atom. The van der Waals surface area contributed by atoms with Gasteiger partial charge in [-0.3, -0.25) is 9.89 Å². The lowest BCUT2D eigenvalue weighted by Gasteiger charge is -2.35. The Balaban J connectivity index is 0.00000338. The van der Waals surface area contributed by atoms with Crippen LogP contribution < -0.4 is 10.6 Å². The molecule has 2 rings (SSSR count). The summed E-state index contributed by atoms with van der Waals surface area (Å²) in [4.78, 5) is 9.92. The zero-order valence-corrected chi connectivity index (χ0v) is 19.6. The summed E-state index contributed by atoms with van der Waals surface area (Å²) in [7, 11) is 2.23. The molecule has 0 bridgehead atoms. The van der Waals surface area contributed by atoms with Crippen LogP contribution in [0.3, 0.4) is 0 Å². The predicted molar refractivity (Wildman–Crippen MR) is 124 cm³/mol. The summed E-state index contributed by atoms with van der Waals surface area (Å²) in [5.74, 6) is 1.86. The molecule has 0 aromatic carbocycles. The van der Waals surface area contributed by atoms with Gasteiger partial charge in [0, 0.05) is 32.2 Å². The predicted octanol–water partition coefficient (Wildman–Crippen LogP) is 3.16. The summed E-state index contributed by atoms with van der Waals surface area (Å²) in [5, 5.41) is 6.95. The van der Waals surface area contributed by atoms with E-state index in [4.69, 9.17) is 4.99 Å². The van der Waals surface area contributed by atoms with Crippen LogP contribution in [0.5, 0.6) is 0 Å². The molecule has 0 aliphatic carbocycles. The third-order valence-electron chi connectivity index (χ3n) is 5.90. The van der Waals surface area contributed by atoms with Crippen LogP contribution in [-0.2, 0) is 0 Å². The number of piperidine rings is 2. The lowest BCUT2D eigenvalue weighted by atomic mass is 9.94. The summed E-state index contributed by atoms with van der Waals surface area (Å²) in [5.41, 5.74) is 0. The first-order valence-corrected chi connectivity index (χ1v) is 10.7. The van der Waals surface area contributed by atoms with Crippen molar-refractivity contribution in [2.24, 2.45) is 10.9 Å². The third-order valence-corrected chi connectivity index (χ3v) is 5.90. The van der Waals surface area contributed by atoms with E-state index in [0.717, 1.165) is 44.1 Å². The van der Waals surface area contributed by atoms with Crippen LogP contribution in [0.25, 0.3) is 0 Å². The highest BCUT2D eigenvalue weighted by Gasteiger charge is 2.20. The van der Waals surface area contributed by atoms with Crippen LogP contribution in [0.2, 0.25) is 0 Å². The van der Waals surface area contributed by atoms with Gasteiger partial charge in [-0.1, -0.05) is 13.3 Å².